The molecule has 2 fully saturated rings. The molecule has 0 spiro atoms. The number of rotatable bonds is 4. The molecule has 2 N–H and O–H groups in total. The monoisotopic (exact) mass is 497 g/mol. The Labute approximate surface area is 217 Å². The summed E-state index contributed by atoms with van der Waals surface area (Å²) < 4.78 is 14.1. The van der Waals surface area contributed by atoms with E-state index in [0.29, 0.717) is 23.4 Å². The van der Waals surface area contributed by atoms with E-state index in [4.69, 9.17) is 0 Å². The van der Waals surface area contributed by atoms with Crippen LogP contribution in [-0.2, 0) is 0 Å². The summed E-state index contributed by atoms with van der Waals surface area (Å²) in [4.78, 5) is 20.3. The number of carbonyl (C=O) groups is 1. The molecule has 2 aromatic carbocycles. The summed E-state index contributed by atoms with van der Waals surface area (Å²) in [5, 5.41) is 13.5. The van der Waals surface area contributed by atoms with Crippen molar-refractivity contribution in [2.24, 2.45) is 17.8 Å². The largest absolute Gasteiger partial charge is 0.508 e. The summed E-state index contributed by atoms with van der Waals surface area (Å²) in [6.07, 6.45) is 2.45. The molecule has 190 valence electrons. The first kappa shape index (κ1) is 25.0. The summed E-state index contributed by atoms with van der Waals surface area (Å²) >= 11 is 0. The zero-order valence-corrected chi connectivity index (χ0v) is 21.5. The van der Waals surface area contributed by atoms with Gasteiger partial charge in [-0.2, -0.15) is 0 Å². The molecule has 5 nitrogen and oxygen atoms in total. The van der Waals surface area contributed by atoms with Gasteiger partial charge < -0.3 is 15.3 Å². The van der Waals surface area contributed by atoms with Gasteiger partial charge in [-0.15, -0.1) is 0 Å². The van der Waals surface area contributed by atoms with Crippen LogP contribution in [0.3, 0.4) is 0 Å². The van der Waals surface area contributed by atoms with Gasteiger partial charge in [0.2, 0.25) is 0 Å². The van der Waals surface area contributed by atoms with Crippen LogP contribution >= 0.6 is 0 Å². The number of aromatic hydroxyl groups is 1. The third-order valence-corrected chi connectivity index (χ3v) is 7.57. The standard InChI is InChI=1S/C31H32FN3O2/c1-19-4-7-22(8-5-19)30(27-16-25(32)11-13-29(27)36)34-31(37)28-15-21(14-20(2)33-28)6-12-26-23-9-10-24(26)18-35(3)17-23/h4-5,7-8,11,13-16,23-24,26,30,36H,9-10,17-18H2,1-3H3,(H,34,37)/t23-,24+,26?,30?. The first-order valence-corrected chi connectivity index (χ1v) is 12.8. The molecule has 6 heteroatoms. The first-order valence-electron chi connectivity index (χ1n) is 12.8. The van der Waals surface area contributed by atoms with Gasteiger partial charge in [0.05, 0.1) is 6.04 Å². The Morgan fingerprint density at radius 2 is 1.78 bits per heavy atom. The number of hydrogen-bond acceptors (Lipinski definition) is 4. The number of benzene rings is 2. The van der Waals surface area contributed by atoms with Gasteiger partial charge in [0.25, 0.3) is 5.91 Å². The topological polar surface area (TPSA) is 65.5 Å². The van der Waals surface area contributed by atoms with Crippen LogP contribution in [0.1, 0.15) is 57.3 Å². The molecule has 2 unspecified atom stereocenters. The Hall–Kier alpha value is -3.69. The molecule has 37 heavy (non-hydrogen) atoms. The van der Waals surface area contributed by atoms with Crippen LogP contribution in [0.5, 0.6) is 5.75 Å². The second kappa shape index (κ2) is 10.4. The van der Waals surface area contributed by atoms with Crippen molar-refractivity contribution >= 4 is 5.91 Å². The average molecular weight is 498 g/mol. The molecule has 2 heterocycles. The molecular formula is C31H32FN3O2. The normalized spacial score (nSPS) is 21.7. The second-order valence-electron chi connectivity index (χ2n) is 10.5. The molecule has 2 aliphatic rings. The number of amides is 1. The molecule has 1 saturated heterocycles. The van der Waals surface area contributed by atoms with Crippen molar-refractivity contribution in [3.05, 3.63) is 94.1 Å². The highest BCUT2D eigenvalue weighted by molar-refractivity contribution is 5.93. The van der Waals surface area contributed by atoms with Crippen molar-refractivity contribution in [2.75, 3.05) is 20.1 Å². The average Bonchev–Trinajstić information content (AvgIpc) is 3.11. The van der Waals surface area contributed by atoms with Gasteiger partial charge in [-0.25, -0.2) is 9.37 Å². The molecule has 5 rings (SSSR count). The van der Waals surface area contributed by atoms with Crippen molar-refractivity contribution in [3.63, 3.8) is 0 Å². The molecule has 0 radical (unpaired) electrons. The predicted octanol–water partition coefficient (Wildman–Crippen LogP) is 5.00. The van der Waals surface area contributed by atoms with Crippen molar-refractivity contribution in [3.8, 4) is 17.6 Å². The minimum absolute atomic E-state index is 0.0937. The number of carbonyl (C=O) groups excluding carboxylic acids is 1. The number of aromatic nitrogens is 1. The minimum Gasteiger partial charge on any atom is -0.508 e. The summed E-state index contributed by atoms with van der Waals surface area (Å²) in [5.74, 6) is 7.45. The SMILES string of the molecule is Cc1ccc(C(NC(=O)c2cc(C#CC3[C@@H]4CC[C@H]3CN(C)C4)cc(C)n2)c2cc(F)ccc2O)cc1. The van der Waals surface area contributed by atoms with Crippen LogP contribution < -0.4 is 5.32 Å². The highest BCUT2D eigenvalue weighted by atomic mass is 19.1. The molecule has 1 aliphatic heterocycles. The predicted molar refractivity (Wildman–Crippen MR) is 142 cm³/mol. The van der Waals surface area contributed by atoms with Crippen LogP contribution in [0.2, 0.25) is 0 Å². The fraction of sp³-hybridized carbons (Fsp3) is 0.355. The van der Waals surface area contributed by atoms with Gasteiger partial charge in [-0.05, 0) is 81.5 Å². The third kappa shape index (κ3) is 5.52. The maximum atomic E-state index is 14.1. The van der Waals surface area contributed by atoms with E-state index in [1.807, 2.05) is 44.2 Å². The van der Waals surface area contributed by atoms with Crippen molar-refractivity contribution < 1.29 is 14.3 Å². The first-order chi connectivity index (χ1) is 17.8. The zero-order valence-electron chi connectivity index (χ0n) is 21.5. The van der Waals surface area contributed by atoms with Crippen LogP contribution in [0.15, 0.2) is 54.6 Å². The van der Waals surface area contributed by atoms with E-state index in [0.717, 1.165) is 29.8 Å². The second-order valence-corrected chi connectivity index (χ2v) is 10.5. The quantitative estimate of drug-likeness (QED) is 0.498. The highest BCUT2D eigenvalue weighted by Gasteiger charge is 2.39. The maximum absolute atomic E-state index is 14.1. The van der Waals surface area contributed by atoms with E-state index in [9.17, 15) is 14.3 Å². The van der Waals surface area contributed by atoms with E-state index in [2.05, 4.69) is 34.1 Å². The van der Waals surface area contributed by atoms with Gasteiger partial charge in [-0.1, -0.05) is 41.7 Å². The number of phenolic OH excluding ortho intramolecular Hbond substituents is 1. The van der Waals surface area contributed by atoms with E-state index >= 15 is 0 Å². The third-order valence-electron chi connectivity index (χ3n) is 7.57. The summed E-state index contributed by atoms with van der Waals surface area (Å²) in [5.41, 5.74) is 3.76. The molecule has 1 saturated carbocycles. The molecule has 1 aliphatic carbocycles. The van der Waals surface area contributed by atoms with Crippen molar-refractivity contribution in [2.45, 2.75) is 32.7 Å². The van der Waals surface area contributed by atoms with Gasteiger partial charge in [0.15, 0.2) is 0 Å². The van der Waals surface area contributed by atoms with Gasteiger partial charge in [0.1, 0.15) is 17.3 Å². The highest BCUT2D eigenvalue weighted by Crippen LogP contribution is 2.41. The number of piperidine rings is 1. The fourth-order valence-electron chi connectivity index (χ4n) is 5.78. The Morgan fingerprint density at radius 1 is 1.08 bits per heavy atom. The zero-order chi connectivity index (χ0) is 26.1. The lowest BCUT2D eigenvalue weighted by Gasteiger charge is -2.33. The summed E-state index contributed by atoms with van der Waals surface area (Å²) in [6, 6.07) is 14.2. The van der Waals surface area contributed by atoms with E-state index in [1.54, 1.807) is 6.07 Å². The van der Waals surface area contributed by atoms with Crippen molar-refractivity contribution in [1.82, 2.24) is 15.2 Å². The lowest BCUT2D eigenvalue weighted by Crippen LogP contribution is -2.38. The maximum Gasteiger partial charge on any atom is 0.270 e. The van der Waals surface area contributed by atoms with Crippen LogP contribution in [0.4, 0.5) is 4.39 Å². The Kier molecular flexibility index (Phi) is 6.99. The van der Waals surface area contributed by atoms with Crippen LogP contribution in [0.25, 0.3) is 0 Å². The van der Waals surface area contributed by atoms with Crippen LogP contribution in [0, 0.1) is 49.3 Å². The fourth-order valence-corrected chi connectivity index (χ4v) is 5.78. The summed E-state index contributed by atoms with van der Waals surface area (Å²) in [6.45, 7) is 5.99. The molecule has 2 bridgehead atoms. The lowest BCUT2D eigenvalue weighted by atomic mass is 9.85. The summed E-state index contributed by atoms with van der Waals surface area (Å²) in [7, 11) is 2.18. The lowest BCUT2D eigenvalue weighted by molar-refractivity contribution is 0.0937. The van der Waals surface area contributed by atoms with E-state index in [1.165, 1.54) is 31.0 Å². The Bertz CT molecular complexity index is 1360. The van der Waals surface area contributed by atoms with Gasteiger partial charge >= 0.3 is 0 Å². The van der Waals surface area contributed by atoms with E-state index < -0.39 is 17.8 Å². The smallest absolute Gasteiger partial charge is 0.270 e. The Morgan fingerprint density at radius 3 is 2.49 bits per heavy atom. The Balaban J connectivity index is 1.42. The number of likely N-dealkylation sites (tertiary alicyclic amines) is 1. The number of fused-ring (bicyclic) bond motifs is 2. The van der Waals surface area contributed by atoms with Gasteiger partial charge in [0, 0.05) is 35.8 Å². The molecule has 3 aromatic rings. The number of halogens is 1. The molecular weight excluding hydrogens is 465 g/mol. The molecule has 1 amide bonds. The van der Waals surface area contributed by atoms with Crippen LogP contribution in [-0.4, -0.2) is 41.0 Å². The van der Waals surface area contributed by atoms with Gasteiger partial charge in [-0.3, -0.25) is 4.79 Å². The van der Waals surface area contributed by atoms with Crippen molar-refractivity contribution in [1.29, 1.82) is 0 Å². The number of pyridine rings is 1. The minimum atomic E-state index is -0.754. The van der Waals surface area contributed by atoms with E-state index in [-0.39, 0.29) is 17.0 Å². The number of phenols is 1. The number of hydrogen-bond donors (Lipinski definition) is 2. The molecule has 4 atom stereocenters. The number of aryl methyl sites for hydroxylation is 2. The number of nitrogens with one attached hydrogen (secondary N) is 1. The number of nitrogens with zero attached hydrogens (tertiary/aromatic N) is 2. The molecule has 1 aromatic heterocycles.